The number of nitrogens with one attached hydrogen (secondary N) is 2. The van der Waals surface area contributed by atoms with E-state index in [1.807, 2.05) is 63.2 Å². The molecule has 1 heterocycles. The van der Waals surface area contributed by atoms with Gasteiger partial charge in [-0.05, 0) is 49.6 Å². The lowest BCUT2D eigenvalue weighted by molar-refractivity contribution is -0.116. The van der Waals surface area contributed by atoms with E-state index in [1.165, 1.54) is 4.90 Å². The summed E-state index contributed by atoms with van der Waals surface area (Å²) in [6, 6.07) is 14.6. The highest BCUT2D eigenvalue weighted by Crippen LogP contribution is 2.29. The maximum Gasteiger partial charge on any atom is 0.322 e. The molecule has 0 saturated heterocycles. The van der Waals surface area contributed by atoms with Gasteiger partial charge in [0, 0.05) is 23.7 Å². The van der Waals surface area contributed by atoms with Crippen molar-refractivity contribution in [3.63, 3.8) is 0 Å². The molecule has 0 atom stereocenters. The quantitative estimate of drug-likeness (QED) is 0.402. The molecule has 0 bridgehead atoms. The fourth-order valence-corrected chi connectivity index (χ4v) is 3.82. The van der Waals surface area contributed by atoms with Gasteiger partial charge >= 0.3 is 6.03 Å². The zero-order valence-electron chi connectivity index (χ0n) is 21.3. The first-order valence-electron chi connectivity index (χ1n) is 11.8. The number of amides is 3. The van der Waals surface area contributed by atoms with Crippen molar-refractivity contribution < 1.29 is 9.59 Å². The van der Waals surface area contributed by atoms with E-state index < -0.39 is 0 Å². The van der Waals surface area contributed by atoms with Crippen molar-refractivity contribution in [3.05, 3.63) is 70.4 Å². The van der Waals surface area contributed by atoms with Crippen LogP contribution in [0.2, 0.25) is 5.02 Å². The van der Waals surface area contributed by atoms with Gasteiger partial charge in [-0.15, -0.1) is 0 Å². The summed E-state index contributed by atoms with van der Waals surface area (Å²) in [5.41, 5.74) is 4.07. The van der Waals surface area contributed by atoms with E-state index >= 15 is 0 Å². The second kappa shape index (κ2) is 11.0. The number of hydrogen-bond acceptors (Lipinski definition) is 3. The summed E-state index contributed by atoms with van der Waals surface area (Å²) < 4.78 is 1.64. The van der Waals surface area contributed by atoms with Crippen molar-refractivity contribution >= 4 is 35.0 Å². The third kappa shape index (κ3) is 6.42. The van der Waals surface area contributed by atoms with Crippen molar-refractivity contribution in [2.24, 2.45) is 0 Å². The Morgan fingerprint density at radius 1 is 1.06 bits per heavy atom. The van der Waals surface area contributed by atoms with Crippen LogP contribution in [0.1, 0.15) is 50.9 Å². The lowest BCUT2D eigenvalue weighted by Gasteiger charge is -2.23. The minimum atomic E-state index is -0.316. The Kier molecular flexibility index (Phi) is 8.22. The molecule has 8 heteroatoms. The first-order valence-corrected chi connectivity index (χ1v) is 12.2. The number of carbonyl (C=O) groups excluding carboxylic acids is 2. The van der Waals surface area contributed by atoms with Crippen LogP contribution in [0, 0.1) is 13.8 Å². The topological polar surface area (TPSA) is 79.3 Å². The Bertz CT molecular complexity index is 1210. The predicted octanol–water partition coefficient (Wildman–Crippen LogP) is 6.32. The highest BCUT2D eigenvalue weighted by atomic mass is 35.5. The van der Waals surface area contributed by atoms with Gasteiger partial charge in [-0.1, -0.05) is 63.6 Å². The minimum absolute atomic E-state index is 0.0942. The zero-order valence-corrected chi connectivity index (χ0v) is 22.0. The lowest BCUT2D eigenvalue weighted by atomic mass is 9.92. The number of benzene rings is 2. The Labute approximate surface area is 212 Å². The van der Waals surface area contributed by atoms with Gasteiger partial charge in [-0.25, -0.2) is 9.48 Å². The molecule has 0 aliphatic heterocycles. The summed E-state index contributed by atoms with van der Waals surface area (Å²) >= 11 is 6.42. The highest BCUT2D eigenvalue weighted by molar-refractivity contribution is 6.32. The van der Waals surface area contributed by atoms with Gasteiger partial charge in [0.1, 0.15) is 12.4 Å². The molecule has 0 aliphatic rings. The van der Waals surface area contributed by atoms with E-state index in [0.717, 1.165) is 28.9 Å². The fourth-order valence-electron chi connectivity index (χ4n) is 3.60. The largest absolute Gasteiger partial charge is 0.322 e. The molecular weight excluding hydrogens is 462 g/mol. The number of aromatic nitrogens is 2. The van der Waals surface area contributed by atoms with Gasteiger partial charge in [0.25, 0.3) is 0 Å². The number of para-hydroxylation sites is 1. The van der Waals surface area contributed by atoms with Crippen LogP contribution in [0.25, 0.3) is 5.69 Å². The molecular formula is C27H34ClN5O2. The van der Waals surface area contributed by atoms with E-state index in [2.05, 4.69) is 31.4 Å². The Hall–Kier alpha value is -3.32. The van der Waals surface area contributed by atoms with Crippen molar-refractivity contribution in [2.45, 2.75) is 53.4 Å². The maximum atomic E-state index is 13.1. The highest BCUT2D eigenvalue weighted by Gasteiger charge is 2.24. The molecule has 0 aliphatic carbocycles. The molecule has 3 rings (SSSR count). The average molecular weight is 496 g/mol. The van der Waals surface area contributed by atoms with Crippen LogP contribution in [0.3, 0.4) is 0 Å². The van der Waals surface area contributed by atoms with E-state index in [0.29, 0.717) is 23.1 Å². The van der Waals surface area contributed by atoms with Gasteiger partial charge in [0.05, 0.1) is 16.4 Å². The van der Waals surface area contributed by atoms with Gasteiger partial charge in [0.2, 0.25) is 5.91 Å². The van der Waals surface area contributed by atoms with Crippen LogP contribution in [-0.4, -0.2) is 39.7 Å². The normalized spacial score (nSPS) is 11.3. The van der Waals surface area contributed by atoms with Crippen LogP contribution in [-0.2, 0) is 10.2 Å². The van der Waals surface area contributed by atoms with Crippen LogP contribution in [0.4, 0.5) is 16.3 Å². The minimum Gasteiger partial charge on any atom is -0.315 e. The van der Waals surface area contributed by atoms with E-state index in [9.17, 15) is 9.59 Å². The summed E-state index contributed by atoms with van der Waals surface area (Å²) in [6.07, 6.45) is 0.721. The first kappa shape index (κ1) is 26.3. The Morgan fingerprint density at radius 2 is 1.77 bits per heavy atom. The Morgan fingerprint density at radius 3 is 2.43 bits per heavy atom. The second-order valence-electron chi connectivity index (χ2n) is 9.68. The third-order valence-corrected chi connectivity index (χ3v) is 6.11. The molecule has 35 heavy (non-hydrogen) atoms. The molecule has 3 aromatic rings. The van der Waals surface area contributed by atoms with Crippen molar-refractivity contribution in [3.8, 4) is 5.69 Å². The maximum absolute atomic E-state index is 13.1. The molecule has 2 N–H and O–H groups in total. The number of nitrogens with zero attached hydrogens (tertiary/aromatic N) is 3. The van der Waals surface area contributed by atoms with E-state index in [1.54, 1.807) is 10.7 Å². The SMILES string of the molecule is CCCN(CC(=O)Nc1cc(C(C)(C)C)nn1-c1ccccc1Cl)C(=O)Nc1cccc(C)c1C. The van der Waals surface area contributed by atoms with Crippen molar-refractivity contribution in [2.75, 3.05) is 23.7 Å². The van der Waals surface area contributed by atoms with Crippen LogP contribution in [0.15, 0.2) is 48.5 Å². The standard InChI is InChI=1S/C27H34ClN5O2/c1-7-15-32(26(35)29-21-13-10-11-18(2)19(21)3)17-25(34)30-24-16-23(27(4,5)6)31-33(24)22-14-9-8-12-20(22)28/h8-14,16H,7,15,17H2,1-6H3,(H,29,35)(H,30,34). The van der Waals surface area contributed by atoms with Crippen LogP contribution in [0.5, 0.6) is 0 Å². The molecule has 3 amide bonds. The monoisotopic (exact) mass is 495 g/mol. The van der Waals surface area contributed by atoms with E-state index in [-0.39, 0.29) is 23.9 Å². The number of rotatable bonds is 7. The van der Waals surface area contributed by atoms with Crippen molar-refractivity contribution in [1.82, 2.24) is 14.7 Å². The molecule has 0 radical (unpaired) electrons. The van der Waals surface area contributed by atoms with Gasteiger partial charge in [-0.3, -0.25) is 4.79 Å². The summed E-state index contributed by atoms with van der Waals surface area (Å²) in [7, 11) is 0. The molecule has 0 unspecified atom stereocenters. The Balaban J connectivity index is 1.82. The molecule has 186 valence electrons. The molecule has 0 fully saturated rings. The second-order valence-corrected chi connectivity index (χ2v) is 10.1. The first-order chi connectivity index (χ1) is 16.5. The summed E-state index contributed by atoms with van der Waals surface area (Å²) in [4.78, 5) is 27.6. The fraction of sp³-hybridized carbons (Fsp3) is 0.370. The summed E-state index contributed by atoms with van der Waals surface area (Å²) in [5.74, 6) is 0.183. The molecule has 1 aromatic heterocycles. The number of anilines is 2. The molecule has 0 saturated carbocycles. The number of carbonyl (C=O) groups is 2. The van der Waals surface area contributed by atoms with Crippen LogP contribution < -0.4 is 10.6 Å². The average Bonchev–Trinajstić information content (AvgIpc) is 3.21. The van der Waals surface area contributed by atoms with E-state index in [4.69, 9.17) is 16.7 Å². The number of halogens is 1. The smallest absolute Gasteiger partial charge is 0.315 e. The molecule has 7 nitrogen and oxygen atoms in total. The predicted molar refractivity (Wildman–Crippen MR) is 143 cm³/mol. The summed E-state index contributed by atoms with van der Waals surface area (Å²) in [6.45, 7) is 12.4. The van der Waals surface area contributed by atoms with Crippen molar-refractivity contribution in [1.29, 1.82) is 0 Å². The number of urea groups is 1. The third-order valence-electron chi connectivity index (χ3n) is 5.79. The van der Waals surface area contributed by atoms with Gasteiger partial charge < -0.3 is 15.5 Å². The zero-order chi connectivity index (χ0) is 25.8. The van der Waals surface area contributed by atoms with Gasteiger partial charge in [0.15, 0.2) is 0 Å². The summed E-state index contributed by atoms with van der Waals surface area (Å²) in [5, 5.41) is 11.1. The lowest BCUT2D eigenvalue weighted by Crippen LogP contribution is -2.41. The molecule has 0 spiro atoms. The van der Waals surface area contributed by atoms with Gasteiger partial charge in [-0.2, -0.15) is 5.10 Å². The van der Waals surface area contributed by atoms with Crippen LogP contribution >= 0.6 is 11.6 Å². The molecule has 2 aromatic carbocycles. The number of aryl methyl sites for hydroxylation is 1. The number of hydrogen-bond donors (Lipinski definition) is 2.